The number of hydrogen-bond acceptors (Lipinski definition) is 5. The van der Waals surface area contributed by atoms with Crippen LogP contribution in [0.4, 0.5) is 5.69 Å². The number of rotatable bonds is 0. The number of nitrogens with one attached hydrogen (secondary N) is 2. The minimum absolute atomic E-state index is 0.0770. The van der Waals surface area contributed by atoms with E-state index < -0.39 is 0 Å². The number of Topliss-reactive ketones (excluding diaryl/α,β-unsaturated/α-hetero) is 1. The Morgan fingerprint density at radius 2 is 2.08 bits per heavy atom. The Labute approximate surface area is 139 Å². The molecule has 4 bridgehead atoms. The third-order valence-electron chi connectivity index (χ3n) is 4.22. The van der Waals surface area contributed by atoms with Gasteiger partial charge in [-0.1, -0.05) is 12.1 Å². The molecule has 2 aromatic heterocycles. The first kappa shape index (κ1) is 14.8. The zero-order valence-corrected chi connectivity index (χ0v) is 13.3. The van der Waals surface area contributed by atoms with Gasteiger partial charge in [-0.15, -0.1) is 0 Å². The van der Waals surface area contributed by atoms with Gasteiger partial charge in [0.15, 0.2) is 11.4 Å². The molecule has 1 aliphatic heterocycles. The molecular formula is C18H19N5O. The maximum Gasteiger partial charge on any atom is 0.181 e. The molecule has 3 aromatic rings. The molecule has 0 aliphatic carbocycles. The van der Waals surface area contributed by atoms with E-state index in [2.05, 4.69) is 32.8 Å². The lowest BCUT2D eigenvalue weighted by molar-refractivity contribution is 0.0975. The number of carbonyl (C=O) groups is 1. The molecule has 0 amide bonds. The van der Waals surface area contributed by atoms with Crippen molar-refractivity contribution in [2.45, 2.75) is 12.8 Å². The predicted octanol–water partition coefficient (Wildman–Crippen LogP) is 2.37. The molecule has 0 unspecified atom stereocenters. The average Bonchev–Trinajstić information content (AvgIpc) is 3.03. The van der Waals surface area contributed by atoms with Crippen LogP contribution in [0, 0.1) is 0 Å². The molecule has 6 heteroatoms. The van der Waals surface area contributed by atoms with Crippen LogP contribution in [0.15, 0.2) is 42.7 Å². The van der Waals surface area contributed by atoms with Crippen molar-refractivity contribution in [3.63, 3.8) is 0 Å². The molecule has 0 radical (unpaired) electrons. The van der Waals surface area contributed by atoms with Crippen LogP contribution >= 0.6 is 0 Å². The Kier molecular flexibility index (Phi) is 3.96. The molecule has 0 fully saturated rings. The fourth-order valence-corrected chi connectivity index (χ4v) is 2.95. The normalized spacial score (nSPS) is 15.8. The van der Waals surface area contributed by atoms with Crippen LogP contribution in [-0.2, 0) is 0 Å². The number of aromatic nitrogens is 3. The van der Waals surface area contributed by atoms with Gasteiger partial charge in [0.2, 0.25) is 0 Å². The SMILES string of the molecule is O=C1CCCNCCNc2cccc(c2)-c2cnn3ccc1nc23. The lowest BCUT2D eigenvalue weighted by Crippen LogP contribution is -2.23. The van der Waals surface area contributed by atoms with Gasteiger partial charge < -0.3 is 10.6 Å². The van der Waals surface area contributed by atoms with Gasteiger partial charge in [0.25, 0.3) is 0 Å². The zero-order chi connectivity index (χ0) is 16.4. The summed E-state index contributed by atoms with van der Waals surface area (Å²) < 4.78 is 1.71. The number of nitrogens with zero attached hydrogens (tertiary/aromatic N) is 3. The van der Waals surface area contributed by atoms with E-state index in [4.69, 9.17) is 0 Å². The van der Waals surface area contributed by atoms with Crippen LogP contribution < -0.4 is 10.6 Å². The van der Waals surface area contributed by atoms with E-state index in [9.17, 15) is 4.79 Å². The third-order valence-corrected chi connectivity index (χ3v) is 4.22. The highest BCUT2D eigenvalue weighted by Gasteiger charge is 2.13. The van der Waals surface area contributed by atoms with Crippen molar-refractivity contribution in [3.8, 4) is 11.1 Å². The van der Waals surface area contributed by atoms with E-state index in [0.29, 0.717) is 17.8 Å². The Morgan fingerprint density at radius 1 is 1.12 bits per heavy atom. The van der Waals surface area contributed by atoms with E-state index in [0.717, 1.165) is 42.9 Å². The summed E-state index contributed by atoms with van der Waals surface area (Å²) in [5, 5.41) is 11.1. The monoisotopic (exact) mass is 321 g/mol. The van der Waals surface area contributed by atoms with E-state index >= 15 is 0 Å². The molecule has 24 heavy (non-hydrogen) atoms. The summed E-state index contributed by atoms with van der Waals surface area (Å²) in [5.41, 5.74) is 4.26. The summed E-state index contributed by atoms with van der Waals surface area (Å²) in [6, 6.07) is 9.94. The summed E-state index contributed by atoms with van der Waals surface area (Å²) in [7, 11) is 0. The lowest BCUT2D eigenvalue weighted by atomic mass is 10.1. The average molecular weight is 321 g/mol. The van der Waals surface area contributed by atoms with E-state index in [-0.39, 0.29) is 5.78 Å². The van der Waals surface area contributed by atoms with Crippen LogP contribution in [0.25, 0.3) is 16.8 Å². The molecule has 1 aromatic carbocycles. The van der Waals surface area contributed by atoms with Gasteiger partial charge in [0.05, 0.1) is 6.20 Å². The van der Waals surface area contributed by atoms with Crippen molar-refractivity contribution in [1.82, 2.24) is 19.9 Å². The summed E-state index contributed by atoms with van der Waals surface area (Å²) in [5.74, 6) is 0.0770. The third kappa shape index (κ3) is 2.88. The van der Waals surface area contributed by atoms with Crippen molar-refractivity contribution in [3.05, 3.63) is 48.4 Å². The standard InChI is InChI=1S/C18H19N5O/c24-17-5-2-7-19-8-9-20-14-4-1-3-13(11-14)15-12-21-23-10-6-16(17)22-18(15)23/h1,3-4,6,10-12,19-20H,2,5,7-9H2. The van der Waals surface area contributed by atoms with Crippen LogP contribution in [-0.4, -0.2) is 40.0 Å². The van der Waals surface area contributed by atoms with Gasteiger partial charge in [-0.3, -0.25) is 4.79 Å². The minimum atomic E-state index is 0.0770. The number of anilines is 1. The van der Waals surface area contributed by atoms with Gasteiger partial charge in [0, 0.05) is 37.0 Å². The molecule has 3 heterocycles. The highest BCUT2D eigenvalue weighted by Crippen LogP contribution is 2.26. The minimum Gasteiger partial charge on any atom is -0.384 e. The summed E-state index contributed by atoms with van der Waals surface area (Å²) in [4.78, 5) is 16.9. The van der Waals surface area contributed by atoms with Crippen molar-refractivity contribution in [2.24, 2.45) is 0 Å². The Balaban J connectivity index is 1.82. The van der Waals surface area contributed by atoms with Gasteiger partial charge in [-0.25, -0.2) is 9.50 Å². The van der Waals surface area contributed by atoms with Gasteiger partial charge in [-0.05, 0) is 36.7 Å². The molecule has 0 spiro atoms. The lowest BCUT2D eigenvalue weighted by Gasteiger charge is -2.08. The van der Waals surface area contributed by atoms with Crippen LogP contribution in [0.1, 0.15) is 23.3 Å². The molecule has 1 aliphatic rings. The van der Waals surface area contributed by atoms with E-state index in [1.807, 2.05) is 12.1 Å². The number of carbonyl (C=O) groups excluding carboxylic acids is 1. The second kappa shape index (κ2) is 6.41. The molecule has 2 N–H and O–H groups in total. The molecule has 122 valence electrons. The predicted molar refractivity (Wildman–Crippen MR) is 93.3 cm³/mol. The summed E-state index contributed by atoms with van der Waals surface area (Å²) in [6.45, 7) is 2.53. The topological polar surface area (TPSA) is 71.3 Å². The van der Waals surface area contributed by atoms with Crippen LogP contribution in [0.2, 0.25) is 0 Å². The molecular weight excluding hydrogens is 302 g/mol. The Bertz CT molecular complexity index is 886. The van der Waals surface area contributed by atoms with Crippen molar-refractivity contribution < 1.29 is 4.79 Å². The second-order valence-corrected chi connectivity index (χ2v) is 5.92. The molecule has 4 rings (SSSR count). The fourth-order valence-electron chi connectivity index (χ4n) is 2.95. The highest BCUT2D eigenvalue weighted by atomic mass is 16.1. The van der Waals surface area contributed by atoms with Crippen LogP contribution in [0.3, 0.4) is 0 Å². The molecule has 0 saturated heterocycles. The maximum atomic E-state index is 12.4. The van der Waals surface area contributed by atoms with Gasteiger partial charge in [0.1, 0.15) is 5.69 Å². The first-order valence-corrected chi connectivity index (χ1v) is 8.24. The van der Waals surface area contributed by atoms with Crippen LogP contribution in [0.5, 0.6) is 0 Å². The van der Waals surface area contributed by atoms with E-state index in [1.54, 1.807) is 23.0 Å². The molecule has 6 nitrogen and oxygen atoms in total. The molecule has 0 saturated carbocycles. The summed E-state index contributed by atoms with van der Waals surface area (Å²) >= 11 is 0. The smallest absolute Gasteiger partial charge is 0.181 e. The second-order valence-electron chi connectivity index (χ2n) is 5.92. The number of ketones is 1. The van der Waals surface area contributed by atoms with Gasteiger partial charge >= 0.3 is 0 Å². The number of fused-ring (bicyclic) bond motifs is 4. The largest absolute Gasteiger partial charge is 0.384 e. The first-order valence-electron chi connectivity index (χ1n) is 8.24. The Hall–Kier alpha value is -2.73. The van der Waals surface area contributed by atoms with Crippen molar-refractivity contribution >= 4 is 17.1 Å². The van der Waals surface area contributed by atoms with E-state index in [1.165, 1.54) is 0 Å². The highest BCUT2D eigenvalue weighted by molar-refractivity contribution is 5.95. The number of benzene rings is 1. The van der Waals surface area contributed by atoms with Crippen molar-refractivity contribution in [2.75, 3.05) is 25.0 Å². The number of hydrogen-bond donors (Lipinski definition) is 2. The quantitative estimate of drug-likeness (QED) is 0.665. The van der Waals surface area contributed by atoms with Crippen molar-refractivity contribution in [1.29, 1.82) is 0 Å². The Morgan fingerprint density at radius 3 is 3.04 bits per heavy atom. The summed E-state index contributed by atoms with van der Waals surface area (Å²) in [6.07, 6.45) is 4.92. The zero-order valence-electron chi connectivity index (χ0n) is 13.3. The molecule has 0 atom stereocenters. The maximum absolute atomic E-state index is 12.4. The van der Waals surface area contributed by atoms with Gasteiger partial charge in [-0.2, -0.15) is 5.10 Å². The first-order chi connectivity index (χ1) is 11.8. The fraction of sp³-hybridized carbons (Fsp3) is 0.278.